The van der Waals surface area contributed by atoms with Crippen LogP contribution >= 0.6 is 0 Å². The summed E-state index contributed by atoms with van der Waals surface area (Å²) < 4.78 is 47.1. The van der Waals surface area contributed by atoms with Gasteiger partial charge in [-0.2, -0.15) is 13.2 Å². The number of nitrogens with one attached hydrogen (secondary N) is 2. The van der Waals surface area contributed by atoms with Crippen molar-refractivity contribution in [2.75, 3.05) is 45.7 Å². The fraction of sp³-hybridized carbons (Fsp3) is 0.593. The average molecular weight is 535 g/mol. The molecule has 1 aliphatic heterocycles. The van der Waals surface area contributed by atoms with Gasteiger partial charge in [-0.1, -0.05) is 18.9 Å². The maximum absolute atomic E-state index is 13.8. The molecule has 0 unspecified atom stereocenters. The Morgan fingerprint density at radius 3 is 2.58 bits per heavy atom. The predicted molar refractivity (Wildman–Crippen MR) is 139 cm³/mol. The Kier molecular flexibility index (Phi) is 9.09. The van der Waals surface area contributed by atoms with Gasteiger partial charge in [0.05, 0.1) is 24.1 Å². The molecule has 4 rings (SSSR count). The van der Waals surface area contributed by atoms with Crippen LogP contribution in [-0.4, -0.2) is 72.1 Å². The summed E-state index contributed by atoms with van der Waals surface area (Å²) >= 11 is 0. The maximum Gasteiger partial charge on any atom is 0.419 e. The summed E-state index contributed by atoms with van der Waals surface area (Å²) in [6, 6.07) is 5.60. The van der Waals surface area contributed by atoms with E-state index in [-0.39, 0.29) is 35.9 Å². The molecule has 2 fully saturated rings. The molecule has 8 nitrogen and oxygen atoms in total. The summed E-state index contributed by atoms with van der Waals surface area (Å²) in [6.07, 6.45) is -0.288. The summed E-state index contributed by atoms with van der Waals surface area (Å²) in [6.45, 7) is 6.26. The minimum atomic E-state index is -4.57. The van der Waals surface area contributed by atoms with E-state index in [1.54, 1.807) is 7.11 Å². The lowest BCUT2D eigenvalue weighted by Crippen LogP contribution is -2.43. The maximum atomic E-state index is 13.8. The molecule has 2 heterocycles. The molecule has 1 aliphatic carbocycles. The number of likely N-dealkylation sites (N-methyl/N-ethyl adjacent to an activating group) is 1. The third-order valence-electron chi connectivity index (χ3n) is 7.44. The number of ether oxygens (including phenoxy) is 1. The smallest absolute Gasteiger partial charge is 0.419 e. The molecular formula is C27H37F3N6O2. The first kappa shape index (κ1) is 28.1. The zero-order valence-corrected chi connectivity index (χ0v) is 22.3. The van der Waals surface area contributed by atoms with Crippen LogP contribution in [0, 0.1) is 5.92 Å². The summed E-state index contributed by atoms with van der Waals surface area (Å²) in [5, 5.41) is 5.97. The molecule has 208 valence electrons. The van der Waals surface area contributed by atoms with Crippen molar-refractivity contribution < 1.29 is 22.7 Å². The molecule has 1 saturated heterocycles. The first-order valence-electron chi connectivity index (χ1n) is 13.2. The van der Waals surface area contributed by atoms with Crippen LogP contribution in [0.25, 0.3) is 0 Å². The molecule has 1 saturated carbocycles. The van der Waals surface area contributed by atoms with Crippen LogP contribution in [0.15, 0.2) is 24.4 Å². The zero-order valence-electron chi connectivity index (χ0n) is 22.3. The van der Waals surface area contributed by atoms with Crippen molar-refractivity contribution in [2.45, 2.75) is 57.8 Å². The second-order valence-corrected chi connectivity index (χ2v) is 10.3. The number of carbonyl (C=O) groups is 1. The number of halogens is 3. The highest BCUT2D eigenvalue weighted by Crippen LogP contribution is 2.36. The number of methoxy groups -OCH3 is 1. The minimum Gasteiger partial charge on any atom is -0.495 e. The molecule has 0 radical (unpaired) electrons. The summed E-state index contributed by atoms with van der Waals surface area (Å²) in [4.78, 5) is 24.6. The number of aromatic nitrogens is 2. The number of carbonyl (C=O) groups excluding carboxylic acids is 1. The third kappa shape index (κ3) is 7.35. The molecule has 1 amide bonds. The molecule has 38 heavy (non-hydrogen) atoms. The molecular weight excluding hydrogens is 497 g/mol. The number of anilines is 2. The predicted octanol–water partition coefficient (Wildman–Crippen LogP) is 4.23. The molecule has 2 aliphatic rings. The Hall–Kier alpha value is -2.92. The molecule has 0 spiro atoms. The first-order valence-corrected chi connectivity index (χ1v) is 13.2. The fourth-order valence-electron chi connectivity index (χ4n) is 5.34. The topological polar surface area (TPSA) is 82.6 Å². The van der Waals surface area contributed by atoms with Gasteiger partial charge in [0, 0.05) is 51.9 Å². The molecule has 2 aromatic rings. The van der Waals surface area contributed by atoms with Gasteiger partial charge in [-0.05, 0) is 49.9 Å². The van der Waals surface area contributed by atoms with Gasteiger partial charge >= 0.3 is 6.18 Å². The Morgan fingerprint density at radius 2 is 1.89 bits per heavy atom. The second kappa shape index (κ2) is 12.3. The van der Waals surface area contributed by atoms with Gasteiger partial charge in [-0.15, -0.1) is 0 Å². The van der Waals surface area contributed by atoms with Crippen molar-refractivity contribution in [3.8, 4) is 5.75 Å². The Labute approximate surface area is 222 Å². The van der Waals surface area contributed by atoms with E-state index in [4.69, 9.17) is 4.74 Å². The highest BCUT2D eigenvalue weighted by molar-refractivity contribution is 5.73. The first-order chi connectivity index (χ1) is 18.1. The van der Waals surface area contributed by atoms with E-state index in [1.807, 2.05) is 18.2 Å². The zero-order chi connectivity index (χ0) is 27.3. The van der Waals surface area contributed by atoms with E-state index in [1.165, 1.54) is 6.92 Å². The van der Waals surface area contributed by atoms with Gasteiger partial charge in [-0.3, -0.25) is 9.69 Å². The van der Waals surface area contributed by atoms with Crippen LogP contribution in [0.5, 0.6) is 5.75 Å². The lowest BCUT2D eigenvalue weighted by atomic mass is 9.81. The summed E-state index contributed by atoms with van der Waals surface area (Å²) in [5.41, 5.74) is 0.758. The van der Waals surface area contributed by atoms with E-state index in [2.05, 4.69) is 37.4 Å². The van der Waals surface area contributed by atoms with Gasteiger partial charge < -0.3 is 20.3 Å². The van der Waals surface area contributed by atoms with E-state index in [0.29, 0.717) is 11.4 Å². The number of piperazine rings is 1. The van der Waals surface area contributed by atoms with Crippen molar-refractivity contribution in [3.05, 3.63) is 41.2 Å². The molecule has 2 atom stereocenters. The Balaban J connectivity index is 1.53. The van der Waals surface area contributed by atoms with Gasteiger partial charge in [0.1, 0.15) is 5.75 Å². The second-order valence-electron chi connectivity index (χ2n) is 10.3. The number of benzene rings is 1. The van der Waals surface area contributed by atoms with Crippen LogP contribution in [-0.2, 0) is 23.9 Å². The number of nitrogens with zero attached hydrogens (tertiary/aromatic N) is 4. The number of rotatable bonds is 8. The monoisotopic (exact) mass is 534 g/mol. The Morgan fingerprint density at radius 1 is 1.16 bits per heavy atom. The largest absolute Gasteiger partial charge is 0.495 e. The quantitative estimate of drug-likeness (QED) is 0.525. The standard InChI is InChI=1S/C27H37F3N6O2/c1-18(37)32-22-7-5-4-6-20(22)15-24-21(27(28,29)30)16-31-26(34-24)33-23-9-8-19(14-25(23)38-3)17-36-12-10-35(2)11-13-36/h8-9,14,16,20,22H,4-7,10-13,15,17H2,1-3H3,(H,32,37)(H,31,33,34)/t20-,22+/m0/s1. The number of alkyl halides is 3. The average Bonchev–Trinajstić information content (AvgIpc) is 2.86. The van der Waals surface area contributed by atoms with Crippen molar-refractivity contribution in [3.63, 3.8) is 0 Å². The van der Waals surface area contributed by atoms with Crippen molar-refractivity contribution in [2.24, 2.45) is 5.92 Å². The van der Waals surface area contributed by atoms with E-state index in [9.17, 15) is 18.0 Å². The van der Waals surface area contributed by atoms with Crippen molar-refractivity contribution in [1.29, 1.82) is 0 Å². The third-order valence-corrected chi connectivity index (χ3v) is 7.44. The molecule has 1 aromatic carbocycles. The van der Waals surface area contributed by atoms with Crippen LogP contribution in [0.4, 0.5) is 24.8 Å². The molecule has 1 aromatic heterocycles. The van der Waals surface area contributed by atoms with Crippen molar-refractivity contribution >= 4 is 17.5 Å². The highest BCUT2D eigenvalue weighted by atomic mass is 19.4. The van der Waals surface area contributed by atoms with Gasteiger partial charge in [0.15, 0.2) is 0 Å². The van der Waals surface area contributed by atoms with E-state index in [0.717, 1.165) is 70.2 Å². The Bertz CT molecular complexity index is 1100. The minimum absolute atomic E-state index is 0.0668. The van der Waals surface area contributed by atoms with Crippen LogP contribution in [0.1, 0.15) is 49.4 Å². The van der Waals surface area contributed by atoms with E-state index >= 15 is 0 Å². The summed E-state index contributed by atoms with van der Waals surface area (Å²) in [5.74, 6) is 0.343. The van der Waals surface area contributed by atoms with Gasteiger partial charge in [0.25, 0.3) is 0 Å². The van der Waals surface area contributed by atoms with Crippen LogP contribution in [0.2, 0.25) is 0 Å². The summed E-state index contributed by atoms with van der Waals surface area (Å²) in [7, 11) is 3.68. The van der Waals surface area contributed by atoms with Gasteiger partial charge in [-0.25, -0.2) is 9.97 Å². The lowest BCUT2D eigenvalue weighted by Gasteiger charge is -2.32. The van der Waals surface area contributed by atoms with Gasteiger partial charge in [0.2, 0.25) is 11.9 Å². The molecule has 2 N–H and O–H groups in total. The van der Waals surface area contributed by atoms with Crippen LogP contribution < -0.4 is 15.4 Å². The number of hydrogen-bond acceptors (Lipinski definition) is 7. The van der Waals surface area contributed by atoms with E-state index < -0.39 is 11.7 Å². The molecule has 0 bridgehead atoms. The highest BCUT2D eigenvalue weighted by Gasteiger charge is 2.37. The lowest BCUT2D eigenvalue weighted by molar-refractivity contribution is -0.139. The number of amides is 1. The SMILES string of the molecule is COc1cc(CN2CCN(C)CC2)ccc1Nc1ncc(C(F)(F)F)c(C[C@@H]2CCCC[C@H]2NC(C)=O)n1. The molecule has 11 heteroatoms. The van der Waals surface area contributed by atoms with Crippen LogP contribution in [0.3, 0.4) is 0 Å². The number of hydrogen-bond donors (Lipinski definition) is 2. The fourth-order valence-corrected chi connectivity index (χ4v) is 5.34. The van der Waals surface area contributed by atoms with Crippen molar-refractivity contribution in [1.82, 2.24) is 25.1 Å². The normalized spacial score (nSPS) is 21.2.